The van der Waals surface area contributed by atoms with Crippen molar-refractivity contribution in [3.05, 3.63) is 58.5 Å². The number of rotatable bonds is 3. The summed E-state index contributed by atoms with van der Waals surface area (Å²) >= 11 is 0. The van der Waals surface area contributed by atoms with E-state index in [9.17, 15) is 4.79 Å². The molecule has 0 saturated carbocycles. The molecule has 0 bridgehead atoms. The molecule has 1 amide bonds. The number of aromatic nitrogens is 4. The van der Waals surface area contributed by atoms with Crippen LogP contribution in [0.3, 0.4) is 0 Å². The standard InChI is InChI=1S/C21H26N6O/c1-13-7-5-6-8-16(13)27-18(11-17(26-27)21(2,3)4)23-20(28)19-14-12-22-10-9-15(14)24-25-19/h5-8,11,22H,9-10,12H2,1-4H3,(H,23,28)(H,24,25). The Kier molecular flexibility index (Phi) is 4.55. The SMILES string of the molecule is Cc1ccccc1-n1nc(C(C)(C)C)cc1NC(=O)c1n[nH]c2c1CNCC2. The third-order valence-electron chi connectivity index (χ3n) is 5.08. The van der Waals surface area contributed by atoms with Gasteiger partial charge in [0.15, 0.2) is 5.69 Å². The second-order valence-corrected chi connectivity index (χ2v) is 8.27. The molecule has 0 radical (unpaired) electrons. The molecule has 2 aromatic heterocycles. The summed E-state index contributed by atoms with van der Waals surface area (Å²) in [6.45, 7) is 9.91. The summed E-state index contributed by atoms with van der Waals surface area (Å²) in [5.41, 5.74) is 5.23. The van der Waals surface area contributed by atoms with Crippen LogP contribution >= 0.6 is 0 Å². The predicted molar refractivity (Wildman–Crippen MR) is 109 cm³/mol. The first-order valence-corrected chi connectivity index (χ1v) is 9.59. The fourth-order valence-electron chi connectivity index (χ4n) is 3.41. The highest BCUT2D eigenvalue weighted by molar-refractivity contribution is 6.03. The predicted octanol–water partition coefficient (Wildman–Crippen LogP) is 3.10. The van der Waals surface area contributed by atoms with E-state index in [4.69, 9.17) is 5.10 Å². The molecule has 146 valence electrons. The van der Waals surface area contributed by atoms with Crippen LogP contribution in [0.1, 0.15) is 53.8 Å². The average molecular weight is 378 g/mol. The molecule has 0 aliphatic carbocycles. The molecule has 7 heteroatoms. The molecule has 3 aromatic rings. The molecule has 7 nitrogen and oxygen atoms in total. The topological polar surface area (TPSA) is 87.6 Å². The molecule has 0 spiro atoms. The van der Waals surface area contributed by atoms with Crippen molar-refractivity contribution in [2.75, 3.05) is 11.9 Å². The Morgan fingerprint density at radius 1 is 1.25 bits per heavy atom. The van der Waals surface area contributed by atoms with Gasteiger partial charge in [0.1, 0.15) is 5.82 Å². The van der Waals surface area contributed by atoms with E-state index in [0.29, 0.717) is 18.1 Å². The molecule has 1 aromatic carbocycles. The Morgan fingerprint density at radius 3 is 2.79 bits per heavy atom. The van der Waals surface area contributed by atoms with Crippen molar-refractivity contribution in [1.29, 1.82) is 0 Å². The number of amides is 1. The molecule has 28 heavy (non-hydrogen) atoms. The second kappa shape index (κ2) is 6.91. The number of H-pyrrole nitrogens is 1. The Morgan fingerprint density at radius 2 is 2.04 bits per heavy atom. The lowest BCUT2D eigenvalue weighted by Crippen LogP contribution is -2.25. The van der Waals surface area contributed by atoms with Gasteiger partial charge in [0.2, 0.25) is 0 Å². The summed E-state index contributed by atoms with van der Waals surface area (Å²) in [4.78, 5) is 13.0. The highest BCUT2D eigenvalue weighted by Crippen LogP contribution is 2.28. The van der Waals surface area contributed by atoms with E-state index in [1.807, 2.05) is 41.9 Å². The molecule has 0 fully saturated rings. The van der Waals surface area contributed by atoms with E-state index < -0.39 is 0 Å². The van der Waals surface area contributed by atoms with Crippen molar-refractivity contribution in [3.63, 3.8) is 0 Å². The maximum atomic E-state index is 13.0. The lowest BCUT2D eigenvalue weighted by Gasteiger charge is -2.14. The van der Waals surface area contributed by atoms with Gasteiger partial charge >= 0.3 is 0 Å². The minimum absolute atomic E-state index is 0.136. The van der Waals surface area contributed by atoms with Crippen LogP contribution in [-0.2, 0) is 18.4 Å². The van der Waals surface area contributed by atoms with Crippen LogP contribution in [0.4, 0.5) is 5.82 Å². The molecular weight excluding hydrogens is 352 g/mol. The number of anilines is 1. The number of para-hydroxylation sites is 1. The zero-order valence-corrected chi connectivity index (χ0v) is 16.8. The van der Waals surface area contributed by atoms with Crippen molar-refractivity contribution in [2.45, 2.75) is 46.1 Å². The maximum Gasteiger partial charge on any atom is 0.277 e. The van der Waals surface area contributed by atoms with Crippen molar-refractivity contribution in [1.82, 2.24) is 25.3 Å². The van der Waals surface area contributed by atoms with Crippen LogP contribution in [0.5, 0.6) is 0 Å². The van der Waals surface area contributed by atoms with Crippen LogP contribution in [0.2, 0.25) is 0 Å². The Labute approximate surface area is 164 Å². The van der Waals surface area contributed by atoms with Crippen molar-refractivity contribution >= 4 is 11.7 Å². The van der Waals surface area contributed by atoms with Gasteiger partial charge in [-0.2, -0.15) is 10.2 Å². The van der Waals surface area contributed by atoms with Crippen LogP contribution in [-0.4, -0.2) is 32.4 Å². The smallest absolute Gasteiger partial charge is 0.277 e. The summed E-state index contributed by atoms with van der Waals surface area (Å²) in [6.07, 6.45) is 0.852. The maximum absolute atomic E-state index is 13.0. The summed E-state index contributed by atoms with van der Waals surface area (Å²) < 4.78 is 1.81. The molecule has 1 aliphatic rings. The largest absolute Gasteiger partial charge is 0.312 e. The second-order valence-electron chi connectivity index (χ2n) is 8.27. The Balaban J connectivity index is 1.73. The Hall–Kier alpha value is -2.93. The first-order valence-electron chi connectivity index (χ1n) is 9.59. The average Bonchev–Trinajstić information content (AvgIpc) is 3.26. The normalized spacial score (nSPS) is 14.0. The first kappa shape index (κ1) is 18.4. The monoisotopic (exact) mass is 378 g/mol. The quantitative estimate of drug-likeness (QED) is 0.653. The zero-order chi connectivity index (χ0) is 19.9. The van der Waals surface area contributed by atoms with Crippen LogP contribution in [0, 0.1) is 6.92 Å². The third kappa shape index (κ3) is 3.33. The number of hydrogen-bond acceptors (Lipinski definition) is 4. The number of hydrogen-bond donors (Lipinski definition) is 3. The highest BCUT2D eigenvalue weighted by atomic mass is 16.2. The zero-order valence-electron chi connectivity index (χ0n) is 16.8. The summed E-state index contributed by atoms with van der Waals surface area (Å²) in [5, 5.41) is 18.4. The highest BCUT2D eigenvalue weighted by Gasteiger charge is 2.25. The van der Waals surface area contributed by atoms with Gasteiger partial charge in [-0.3, -0.25) is 9.89 Å². The van der Waals surface area contributed by atoms with Crippen LogP contribution < -0.4 is 10.6 Å². The number of carbonyl (C=O) groups excluding carboxylic acids is 1. The number of nitrogens with zero attached hydrogens (tertiary/aromatic N) is 3. The van der Waals surface area contributed by atoms with E-state index in [1.54, 1.807) is 0 Å². The van der Waals surface area contributed by atoms with Crippen molar-refractivity contribution in [3.8, 4) is 5.69 Å². The summed E-state index contributed by atoms with van der Waals surface area (Å²) in [5.74, 6) is 0.418. The number of fused-ring (bicyclic) bond motifs is 1. The van der Waals surface area contributed by atoms with Crippen LogP contribution in [0.15, 0.2) is 30.3 Å². The van der Waals surface area contributed by atoms with Crippen molar-refractivity contribution in [2.24, 2.45) is 0 Å². The van der Waals surface area contributed by atoms with Gasteiger partial charge in [-0.25, -0.2) is 4.68 Å². The number of aromatic amines is 1. The first-order chi connectivity index (χ1) is 13.3. The van der Waals surface area contributed by atoms with E-state index in [0.717, 1.165) is 41.2 Å². The molecule has 0 atom stereocenters. The minimum Gasteiger partial charge on any atom is -0.312 e. The molecule has 4 rings (SSSR count). The number of benzene rings is 1. The molecule has 1 aliphatic heterocycles. The van der Waals surface area contributed by atoms with E-state index in [1.165, 1.54) is 0 Å². The molecular formula is C21H26N6O. The van der Waals surface area contributed by atoms with Gasteiger partial charge in [-0.1, -0.05) is 39.0 Å². The minimum atomic E-state index is -0.226. The fourth-order valence-corrected chi connectivity index (χ4v) is 3.41. The lowest BCUT2D eigenvalue weighted by atomic mass is 9.92. The molecule has 0 saturated heterocycles. The molecule has 0 unspecified atom stereocenters. The van der Waals surface area contributed by atoms with Gasteiger partial charge in [0.05, 0.1) is 11.4 Å². The van der Waals surface area contributed by atoms with Gasteiger partial charge < -0.3 is 10.6 Å². The fraction of sp³-hybridized carbons (Fsp3) is 0.381. The lowest BCUT2D eigenvalue weighted by molar-refractivity contribution is 0.102. The summed E-state index contributed by atoms with van der Waals surface area (Å²) in [7, 11) is 0. The van der Waals surface area contributed by atoms with E-state index >= 15 is 0 Å². The molecule has 3 heterocycles. The van der Waals surface area contributed by atoms with Gasteiger partial charge in [-0.15, -0.1) is 0 Å². The molecule has 3 N–H and O–H groups in total. The van der Waals surface area contributed by atoms with Gasteiger partial charge in [0.25, 0.3) is 5.91 Å². The van der Waals surface area contributed by atoms with E-state index in [2.05, 4.69) is 41.6 Å². The summed E-state index contributed by atoms with van der Waals surface area (Å²) in [6, 6.07) is 9.96. The van der Waals surface area contributed by atoms with Crippen LogP contribution in [0.25, 0.3) is 5.69 Å². The van der Waals surface area contributed by atoms with Gasteiger partial charge in [0, 0.05) is 42.2 Å². The van der Waals surface area contributed by atoms with Crippen molar-refractivity contribution < 1.29 is 4.79 Å². The third-order valence-corrected chi connectivity index (χ3v) is 5.08. The van der Waals surface area contributed by atoms with E-state index in [-0.39, 0.29) is 11.3 Å². The Bertz CT molecular complexity index is 1020. The number of aryl methyl sites for hydroxylation is 1. The number of nitrogens with one attached hydrogen (secondary N) is 3. The number of carbonyl (C=O) groups is 1. The van der Waals surface area contributed by atoms with Gasteiger partial charge in [-0.05, 0) is 18.6 Å².